The van der Waals surface area contributed by atoms with E-state index in [0.29, 0.717) is 5.56 Å². The zero-order valence-electron chi connectivity index (χ0n) is 9.89. The Bertz CT molecular complexity index is 471. The van der Waals surface area contributed by atoms with Gasteiger partial charge in [-0.3, -0.25) is 4.79 Å². The Kier molecular flexibility index (Phi) is 4.87. The van der Waals surface area contributed by atoms with E-state index in [0.717, 1.165) is 5.56 Å². The van der Waals surface area contributed by atoms with Gasteiger partial charge in [0.25, 0.3) is 0 Å². The summed E-state index contributed by atoms with van der Waals surface area (Å²) < 4.78 is 4.79. The average Bonchev–Trinajstić information content (AvgIpc) is 2.37. The summed E-state index contributed by atoms with van der Waals surface area (Å²) >= 11 is 0. The number of esters is 1. The molecule has 0 aliphatic heterocycles. The summed E-state index contributed by atoms with van der Waals surface area (Å²) in [5.74, 6) is -1.62. The number of hydrogen-bond donors (Lipinski definition) is 1. The van der Waals surface area contributed by atoms with Crippen molar-refractivity contribution in [2.75, 3.05) is 6.61 Å². The molecule has 0 atom stereocenters. The van der Waals surface area contributed by atoms with E-state index in [2.05, 4.69) is 13.2 Å². The zero-order valence-corrected chi connectivity index (χ0v) is 9.89. The first-order valence-corrected chi connectivity index (χ1v) is 5.35. The fourth-order valence-electron chi connectivity index (χ4n) is 1.26. The van der Waals surface area contributed by atoms with Gasteiger partial charge in [0.15, 0.2) is 0 Å². The molecular weight excluding hydrogens is 232 g/mol. The SMILES string of the molecule is C=Cc1ccc(C(=C)C(=O)OCCC(=O)O)cc1. The molecule has 18 heavy (non-hydrogen) atoms. The summed E-state index contributed by atoms with van der Waals surface area (Å²) in [5, 5.41) is 8.42. The monoisotopic (exact) mass is 246 g/mol. The lowest BCUT2D eigenvalue weighted by molar-refractivity contribution is -0.142. The highest BCUT2D eigenvalue weighted by atomic mass is 16.5. The second kappa shape index (κ2) is 6.39. The maximum atomic E-state index is 11.5. The number of rotatable bonds is 6. The molecule has 0 unspecified atom stereocenters. The van der Waals surface area contributed by atoms with Crippen molar-refractivity contribution in [3.63, 3.8) is 0 Å². The molecule has 0 radical (unpaired) electrons. The molecule has 4 heteroatoms. The van der Waals surface area contributed by atoms with E-state index >= 15 is 0 Å². The minimum atomic E-state index is -1.01. The third-order valence-corrected chi connectivity index (χ3v) is 2.29. The van der Waals surface area contributed by atoms with Gasteiger partial charge in [-0.15, -0.1) is 0 Å². The van der Waals surface area contributed by atoms with Crippen LogP contribution in [0.4, 0.5) is 0 Å². The van der Waals surface area contributed by atoms with E-state index in [9.17, 15) is 9.59 Å². The van der Waals surface area contributed by atoms with Crippen molar-refractivity contribution in [2.45, 2.75) is 6.42 Å². The van der Waals surface area contributed by atoms with Gasteiger partial charge in [0.1, 0.15) is 6.61 Å². The van der Waals surface area contributed by atoms with Crippen LogP contribution in [0.25, 0.3) is 11.6 Å². The lowest BCUT2D eigenvalue weighted by Crippen LogP contribution is -2.10. The Hall–Kier alpha value is -2.36. The minimum absolute atomic E-state index is 0.155. The maximum Gasteiger partial charge on any atom is 0.338 e. The fraction of sp³-hybridized carbons (Fsp3) is 0.143. The average molecular weight is 246 g/mol. The first-order chi connectivity index (χ1) is 8.54. The smallest absolute Gasteiger partial charge is 0.338 e. The van der Waals surface area contributed by atoms with Crippen LogP contribution in [0.2, 0.25) is 0 Å². The first kappa shape index (κ1) is 13.7. The molecule has 0 aliphatic carbocycles. The van der Waals surface area contributed by atoms with E-state index < -0.39 is 11.9 Å². The Labute approximate surface area is 105 Å². The van der Waals surface area contributed by atoms with Crippen molar-refractivity contribution >= 4 is 23.6 Å². The van der Waals surface area contributed by atoms with Gasteiger partial charge in [-0.05, 0) is 11.1 Å². The molecule has 0 fully saturated rings. The first-order valence-electron chi connectivity index (χ1n) is 5.35. The van der Waals surface area contributed by atoms with Crippen molar-refractivity contribution in [3.8, 4) is 0 Å². The number of ether oxygens (including phenoxy) is 1. The largest absolute Gasteiger partial charge is 0.481 e. The van der Waals surface area contributed by atoms with Crippen molar-refractivity contribution in [2.24, 2.45) is 0 Å². The third-order valence-electron chi connectivity index (χ3n) is 2.29. The molecule has 4 nitrogen and oxygen atoms in total. The molecule has 1 N–H and O–H groups in total. The number of benzene rings is 1. The maximum absolute atomic E-state index is 11.5. The van der Waals surface area contributed by atoms with Crippen LogP contribution in [0.3, 0.4) is 0 Å². The second-order valence-corrected chi connectivity index (χ2v) is 3.58. The van der Waals surface area contributed by atoms with E-state index in [4.69, 9.17) is 9.84 Å². The molecule has 0 amide bonds. The van der Waals surface area contributed by atoms with Crippen LogP contribution in [0.5, 0.6) is 0 Å². The van der Waals surface area contributed by atoms with Crippen LogP contribution < -0.4 is 0 Å². The quantitative estimate of drug-likeness (QED) is 0.618. The van der Waals surface area contributed by atoms with Gasteiger partial charge in [0, 0.05) is 0 Å². The standard InChI is InChI=1S/C14H14O4/c1-3-11-4-6-12(7-5-11)10(2)14(17)18-9-8-13(15)16/h3-7H,1-2,8-9H2,(H,15,16). The van der Waals surface area contributed by atoms with Gasteiger partial charge < -0.3 is 9.84 Å². The number of hydrogen-bond acceptors (Lipinski definition) is 3. The van der Waals surface area contributed by atoms with E-state index in [1.165, 1.54) is 0 Å². The molecule has 1 rings (SSSR count). The molecule has 1 aromatic rings. The van der Waals surface area contributed by atoms with Gasteiger partial charge in [-0.2, -0.15) is 0 Å². The number of carboxylic acid groups (broad SMARTS) is 1. The highest BCUT2D eigenvalue weighted by molar-refractivity contribution is 6.15. The number of carbonyl (C=O) groups is 2. The van der Waals surface area contributed by atoms with Crippen LogP contribution >= 0.6 is 0 Å². The lowest BCUT2D eigenvalue weighted by Gasteiger charge is -2.06. The minimum Gasteiger partial charge on any atom is -0.481 e. The van der Waals surface area contributed by atoms with Crippen molar-refractivity contribution < 1.29 is 19.4 Å². The Morgan fingerprint density at radius 2 is 1.89 bits per heavy atom. The molecule has 0 heterocycles. The highest BCUT2D eigenvalue weighted by Gasteiger charge is 2.11. The van der Waals surface area contributed by atoms with Crippen molar-refractivity contribution in [3.05, 3.63) is 48.6 Å². The summed E-state index contributed by atoms with van der Waals surface area (Å²) in [7, 11) is 0. The van der Waals surface area contributed by atoms with Crippen LogP contribution in [-0.4, -0.2) is 23.7 Å². The van der Waals surface area contributed by atoms with Crippen LogP contribution in [-0.2, 0) is 14.3 Å². The summed E-state index contributed by atoms with van der Waals surface area (Å²) in [6, 6.07) is 7.08. The Balaban J connectivity index is 2.59. The predicted molar refractivity (Wildman–Crippen MR) is 68.8 cm³/mol. The molecule has 0 saturated heterocycles. The van der Waals surface area contributed by atoms with Crippen LogP contribution in [0.15, 0.2) is 37.4 Å². The molecule has 0 aromatic heterocycles. The third kappa shape index (κ3) is 3.90. The number of carbonyl (C=O) groups excluding carboxylic acids is 1. The highest BCUT2D eigenvalue weighted by Crippen LogP contribution is 2.15. The van der Waals surface area contributed by atoms with Gasteiger partial charge in [-0.1, -0.05) is 43.5 Å². The second-order valence-electron chi connectivity index (χ2n) is 3.58. The zero-order chi connectivity index (χ0) is 13.5. The summed E-state index contributed by atoms with van der Waals surface area (Å²) in [4.78, 5) is 21.8. The van der Waals surface area contributed by atoms with Crippen LogP contribution in [0, 0.1) is 0 Å². The lowest BCUT2D eigenvalue weighted by atomic mass is 10.1. The molecular formula is C14H14O4. The van der Waals surface area contributed by atoms with Gasteiger partial charge in [0.05, 0.1) is 12.0 Å². The number of aliphatic carboxylic acids is 1. The van der Waals surface area contributed by atoms with E-state index in [1.54, 1.807) is 30.3 Å². The van der Waals surface area contributed by atoms with Gasteiger partial charge >= 0.3 is 11.9 Å². The van der Waals surface area contributed by atoms with Gasteiger partial charge in [0.2, 0.25) is 0 Å². The molecule has 0 bridgehead atoms. The van der Waals surface area contributed by atoms with Crippen LogP contribution in [0.1, 0.15) is 17.5 Å². The predicted octanol–water partition coefficient (Wildman–Crippen LogP) is 2.36. The normalized spacial score (nSPS) is 9.56. The summed E-state index contributed by atoms with van der Waals surface area (Å²) in [5.41, 5.74) is 1.78. The summed E-state index contributed by atoms with van der Waals surface area (Å²) in [6.07, 6.45) is 1.48. The number of carboxylic acids is 1. The fourth-order valence-corrected chi connectivity index (χ4v) is 1.26. The van der Waals surface area contributed by atoms with E-state index in [-0.39, 0.29) is 18.6 Å². The Morgan fingerprint density at radius 3 is 2.39 bits per heavy atom. The Morgan fingerprint density at radius 1 is 1.28 bits per heavy atom. The topological polar surface area (TPSA) is 63.6 Å². The molecule has 94 valence electrons. The molecule has 1 aromatic carbocycles. The van der Waals surface area contributed by atoms with Crippen molar-refractivity contribution in [1.29, 1.82) is 0 Å². The summed E-state index contributed by atoms with van der Waals surface area (Å²) in [6.45, 7) is 7.10. The van der Waals surface area contributed by atoms with Crippen molar-refractivity contribution in [1.82, 2.24) is 0 Å². The molecule has 0 spiro atoms. The molecule has 0 aliphatic rings. The van der Waals surface area contributed by atoms with Gasteiger partial charge in [-0.25, -0.2) is 4.79 Å². The molecule has 0 saturated carbocycles. The van der Waals surface area contributed by atoms with E-state index in [1.807, 2.05) is 0 Å².